The number of rotatable bonds is 7. The number of hydrogen-bond acceptors (Lipinski definition) is 7. The molecule has 0 spiro atoms. The zero-order valence-corrected chi connectivity index (χ0v) is 24.1. The van der Waals surface area contributed by atoms with Crippen LogP contribution in [0.4, 0.5) is 30.4 Å². The van der Waals surface area contributed by atoms with E-state index in [9.17, 15) is 34.8 Å². The number of benzene rings is 2. The smallest absolute Gasteiger partial charge is 0.354 e. The lowest BCUT2D eigenvalue weighted by Crippen LogP contribution is -2.49. The summed E-state index contributed by atoms with van der Waals surface area (Å²) in [5.41, 5.74) is -0.385. The second-order valence-electron chi connectivity index (χ2n) is 9.15. The van der Waals surface area contributed by atoms with Gasteiger partial charge in [0.15, 0.2) is 0 Å². The van der Waals surface area contributed by atoms with Crippen LogP contribution in [0.3, 0.4) is 0 Å². The zero-order chi connectivity index (χ0) is 30.2. The lowest BCUT2D eigenvalue weighted by molar-refractivity contribution is -0.137. The van der Waals surface area contributed by atoms with Crippen LogP contribution in [0, 0.1) is 0 Å². The van der Waals surface area contributed by atoms with Gasteiger partial charge in [0.1, 0.15) is 11.0 Å². The van der Waals surface area contributed by atoms with Gasteiger partial charge in [-0.2, -0.15) is 17.5 Å². The third-order valence-electron chi connectivity index (χ3n) is 6.41. The number of alkyl halides is 3. The third kappa shape index (κ3) is 6.92. The molecule has 1 amide bonds. The largest absolute Gasteiger partial charge is 0.416 e. The Labute approximate surface area is 240 Å². The summed E-state index contributed by atoms with van der Waals surface area (Å²) in [5, 5.41) is 2.32. The number of carbonyl (C=O) groups is 1. The maximum atomic E-state index is 13.2. The Morgan fingerprint density at radius 2 is 1.59 bits per heavy atom. The highest BCUT2D eigenvalue weighted by atomic mass is 35.5. The Kier molecular flexibility index (Phi) is 8.55. The van der Waals surface area contributed by atoms with Gasteiger partial charge in [-0.1, -0.05) is 23.7 Å². The Bertz CT molecular complexity index is 1660. The van der Waals surface area contributed by atoms with Gasteiger partial charge < -0.3 is 10.2 Å². The number of nitrogens with zero attached hydrogens (tertiary/aromatic N) is 4. The highest BCUT2D eigenvalue weighted by Crippen LogP contribution is 2.33. The fraction of sp³-hybridized carbons (Fsp3) is 0.280. The predicted octanol–water partition coefficient (Wildman–Crippen LogP) is 3.91. The van der Waals surface area contributed by atoms with E-state index < -0.39 is 37.7 Å². The van der Waals surface area contributed by atoms with Crippen molar-refractivity contribution >= 4 is 54.7 Å². The molecule has 1 saturated heterocycles. The first kappa shape index (κ1) is 30.6. The summed E-state index contributed by atoms with van der Waals surface area (Å²) in [6.45, 7) is 0.195. The first-order chi connectivity index (χ1) is 19.1. The van der Waals surface area contributed by atoms with Crippen LogP contribution in [0.1, 0.15) is 15.9 Å². The van der Waals surface area contributed by atoms with Crippen LogP contribution in [0.5, 0.6) is 0 Å². The molecule has 3 aromatic rings. The molecular formula is C25H25ClF3N5O5S2. The molecule has 10 nitrogen and oxygen atoms in total. The molecule has 0 saturated carbocycles. The van der Waals surface area contributed by atoms with E-state index in [0.717, 1.165) is 22.7 Å². The lowest BCUT2D eigenvalue weighted by atomic mass is 10.1. The number of piperazine rings is 1. The molecule has 41 heavy (non-hydrogen) atoms. The number of para-hydroxylation sites is 1. The van der Waals surface area contributed by atoms with Gasteiger partial charge in [-0.25, -0.2) is 21.8 Å². The summed E-state index contributed by atoms with van der Waals surface area (Å²) in [4.78, 5) is 18.3. The summed E-state index contributed by atoms with van der Waals surface area (Å²) in [6, 6.07) is 13.2. The number of anilines is 3. The predicted molar refractivity (Wildman–Crippen MR) is 149 cm³/mol. The molecule has 220 valence electrons. The summed E-state index contributed by atoms with van der Waals surface area (Å²) in [7, 11) is -6.24. The quantitative estimate of drug-likeness (QED) is 0.393. The topological polar surface area (TPSA) is 120 Å². The van der Waals surface area contributed by atoms with Gasteiger partial charge in [-0.15, -0.1) is 0 Å². The van der Waals surface area contributed by atoms with Crippen molar-refractivity contribution in [1.29, 1.82) is 0 Å². The molecule has 1 aliphatic heterocycles. The second-order valence-corrected chi connectivity index (χ2v) is 13.5. The Hall–Kier alpha value is -3.40. The summed E-state index contributed by atoms with van der Waals surface area (Å²) in [5.74, 6) is -0.586. The van der Waals surface area contributed by atoms with Crippen molar-refractivity contribution in [1.82, 2.24) is 9.29 Å². The number of halogens is 4. The van der Waals surface area contributed by atoms with Gasteiger partial charge in [0.25, 0.3) is 5.91 Å². The van der Waals surface area contributed by atoms with E-state index in [1.54, 1.807) is 12.1 Å². The van der Waals surface area contributed by atoms with Crippen molar-refractivity contribution in [2.45, 2.75) is 11.1 Å². The number of hydrogen-bond donors (Lipinski definition) is 1. The molecule has 0 radical (unpaired) electrons. The minimum absolute atomic E-state index is 0.000995. The van der Waals surface area contributed by atoms with Crippen LogP contribution in [0.2, 0.25) is 5.15 Å². The number of nitrogens with one attached hydrogen (secondary N) is 1. The SMILES string of the molecule is CN(c1ccccc1C(=O)Nc1ccc(S(=O)(=O)N2CCN(c3cc(C(F)(F)F)cc(Cl)n3)CC2)cc1)S(C)(=O)=O. The average Bonchev–Trinajstić information content (AvgIpc) is 2.91. The van der Waals surface area contributed by atoms with Crippen LogP contribution >= 0.6 is 11.6 Å². The minimum atomic E-state index is -4.60. The van der Waals surface area contributed by atoms with E-state index in [0.29, 0.717) is 0 Å². The van der Waals surface area contributed by atoms with Gasteiger partial charge in [-0.05, 0) is 48.5 Å². The van der Waals surface area contributed by atoms with Crippen molar-refractivity contribution in [3.8, 4) is 0 Å². The first-order valence-electron chi connectivity index (χ1n) is 12.0. The second kappa shape index (κ2) is 11.5. The molecule has 4 rings (SSSR count). The maximum Gasteiger partial charge on any atom is 0.416 e. The van der Waals surface area contributed by atoms with Crippen LogP contribution in [-0.4, -0.2) is 71.5 Å². The summed E-state index contributed by atoms with van der Waals surface area (Å²) in [6.07, 6.45) is -3.59. The molecule has 0 unspecified atom stereocenters. The van der Waals surface area contributed by atoms with Crippen molar-refractivity contribution in [2.75, 3.05) is 54.0 Å². The molecule has 0 atom stereocenters. The Balaban J connectivity index is 1.44. The first-order valence-corrected chi connectivity index (χ1v) is 15.7. The van der Waals surface area contributed by atoms with Crippen LogP contribution in [-0.2, 0) is 26.2 Å². The fourth-order valence-electron chi connectivity index (χ4n) is 4.14. The molecule has 16 heteroatoms. The number of amides is 1. The Morgan fingerprint density at radius 1 is 0.976 bits per heavy atom. The highest BCUT2D eigenvalue weighted by molar-refractivity contribution is 7.92. The number of carbonyl (C=O) groups excluding carboxylic acids is 1. The summed E-state index contributed by atoms with van der Waals surface area (Å²) >= 11 is 5.78. The standard InChI is InChI=1S/C25H25ClF3N5O5S2/c1-32(40(2,36)37)21-6-4-3-5-20(21)24(35)30-18-7-9-19(10-8-18)41(38,39)34-13-11-33(12-14-34)23-16-17(25(27,28)29)15-22(26)31-23/h3-10,15-16H,11-14H2,1-2H3,(H,30,35). The Morgan fingerprint density at radius 3 is 2.17 bits per heavy atom. The number of sulfonamides is 2. The van der Waals surface area contributed by atoms with E-state index in [4.69, 9.17) is 11.6 Å². The van der Waals surface area contributed by atoms with Gasteiger partial charge in [-0.3, -0.25) is 9.10 Å². The van der Waals surface area contributed by atoms with Crippen LogP contribution in [0.15, 0.2) is 65.6 Å². The molecule has 2 heterocycles. The van der Waals surface area contributed by atoms with Gasteiger partial charge in [0, 0.05) is 38.9 Å². The van der Waals surface area contributed by atoms with E-state index >= 15 is 0 Å². The molecule has 1 aromatic heterocycles. The van der Waals surface area contributed by atoms with Crippen molar-refractivity contribution in [3.05, 3.63) is 76.9 Å². The van der Waals surface area contributed by atoms with Crippen LogP contribution in [0.25, 0.3) is 0 Å². The van der Waals surface area contributed by atoms with E-state index in [1.807, 2.05) is 0 Å². The van der Waals surface area contributed by atoms with Crippen molar-refractivity contribution < 1.29 is 34.8 Å². The van der Waals surface area contributed by atoms with Crippen molar-refractivity contribution in [3.63, 3.8) is 0 Å². The number of aromatic nitrogens is 1. The lowest BCUT2D eigenvalue weighted by Gasteiger charge is -2.35. The van der Waals surface area contributed by atoms with Gasteiger partial charge in [0.05, 0.1) is 28.0 Å². The minimum Gasteiger partial charge on any atom is -0.354 e. The van der Waals surface area contributed by atoms with E-state index in [-0.39, 0.29) is 59.0 Å². The average molecular weight is 632 g/mol. The zero-order valence-electron chi connectivity index (χ0n) is 21.8. The summed E-state index contributed by atoms with van der Waals surface area (Å²) < 4.78 is 92.0. The van der Waals surface area contributed by atoms with Gasteiger partial charge in [0.2, 0.25) is 20.0 Å². The maximum absolute atomic E-state index is 13.2. The highest BCUT2D eigenvalue weighted by Gasteiger charge is 2.34. The fourth-order valence-corrected chi connectivity index (χ4v) is 6.29. The molecule has 1 aliphatic rings. The van der Waals surface area contributed by atoms with Crippen LogP contribution < -0.4 is 14.5 Å². The molecule has 2 aromatic carbocycles. The van der Waals surface area contributed by atoms with E-state index in [1.165, 1.54) is 52.7 Å². The monoisotopic (exact) mass is 631 g/mol. The molecule has 1 fully saturated rings. The normalized spacial score (nSPS) is 15.0. The molecular weight excluding hydrogens is 607 g/mol. The molecule has 1 N–H and O–H groups in total. The molecule has 0 aliphatic carbocycles. The number of pyridine rings is 1. The molecule has 0 bridgehead atoms. The van der Waals surface area contributed by atoms with Crippen molar-refractivity contribution in [2.24, 2.45) is 0 Å². The third-order valence-corrected chi connectivity index (χ3v) is 9.70. The van der Waals surface area contributed by atoms with E-state index in [2.05, 4.69) is 10.3 Å². The van der Waals surface area contributed by atoms with Gasteiger partial charge >= 0.3 is 6.18 Å².